The Hall–Kier alpha value is -6.90. The molecule has 0 saturated carbocycles. The predicted molar refractivity (Wildman–Crippen MR) is 215 cm³/mol. The molecule has 0 aromatic heterocycles. The molecular formula is C44H50N4O11. The van der Waals surface area contributed by atoms with Gasteiger partial charge in [0.05, 0.1) is 0 Å². The van der Waals surface area contributed by atoms with Crippen LogP contribution >= 0.6 is 0 Å². The number of benzene rings is 4. The highest BCUT2D eigenvalue weighted by Gasteiger charge is 2.30. The van der Waals surface area contributed by atoms with Gasteiger partial charge >= 0.3 is 36.3 Å². The SMILES string of the molecule is O=C(NCCCC[C@H](NC(=O)OCc1ccccc1)C(=O)OC(=O)[C@H](CCCCNC(=O)OCc1ccccc1)NC(=O)OCc1ccccc1)OCc1ccccc1. The second-order valence-corrected chi connectivity index (χ2v) is 13.2. The number of esters is 2. The van der Waals surface area contributed by atoms with Gasteiger partial charge in [0.2, 0.25) is 0 Å². The summed E-state index contributed by atoms with van der Waals surface area (Å²) >= 11 is 0. The van der Waals surface area contributed by atoms with Crippen LogP contribution in [0.5, 0.6) is 0 Å². The molecule has 0 bridgehead atoms. The smallest absolute Gasteiger partial charge is 0.408 e. The zero-order valence-electron chi connectivity index (χ0n) is 32.7. The number of unbranched alkanes of at least 4 members (excludes halogenated alkanes) is 2. The Morgan fingerprint density at radius 1 is 0.390 bits per heavy atom. The van der Waals surface area contributed by atoms with Gasteiger partial charge in [-0.2, -0.15) is 0 Å². The molecule has 0 radical (unpaired) electrons. The third-order valence-electron chi connectivity index (χ3n) is 8.58. The third-order valence-corrected chi connectivity index (χ3v) is 8.58. The number of nitrogens with one attached hydrogen (secondary N) is 4. The van der Waals surface area contributed by atoms with E-state index in [2.05, 4.69) is 21.3 Å². The van der Waals surface area contributed by atoms with E-state index in [9.17, 15) is 28.8 Å². The average molecular weight is 811 g/mol. The van der Waals surface area contributed by atoms with Crippen LogP contribution in [-0.4, -0.2) is 61.5 Å². The van der Waals surface area contributed by atoms with Gasteiger partial charge in [0.1, 0.15) is 38.5 Å². The fourth-order valence-corrected chi connectivity index (χ4v) is 5.43. The standard InChI is InChI=1S/C44H50N4O11/c49-39(37(47-43(53)57-31-35-21-9-3-10-22-35)25-13-15-27-45-41(51)55-29-33-17-5-1-6-18-33)59-40(50)38(48-44(54)58-32-36-23-11-4-12-24-36)26-14-16-28-46-42(52)56-30-34-19-7-2-8-20-34/h1-12,17-24,37-38H,13-16,25-32H2,(H,45,51)(H,46,52)(H,47,53)(H,48,54)/t37-,38-/m0/s1. The number of ether oxygens (including phenoxy) is 5. The van der Waals surface area contributed by atoms with Crippen molar-refractivity contribution in [1.82, 2.24) is 21.3 Å². The molecule has 312 valence electrons. The Balaban J connectivity index is 1.31. The molecule has 59 heavy (non-hydrogen) atoms. The van der Waals surface area contributed by atoms with E-state index < -0.39 is 48.4 Å². The highest BCUT2D eigenvalue weighted by atomic mass is 16.6. The van der Waals surface area contributed by atoms with E-state index in [0.29, 0.717) is 25.7 Å². The van der Waals surface area contributed by atoms with Crippen molar-refractivity contribution in [2.45, 2.75) is 77.0 Å². The molecule has 2 atom stereocenters. The van der Waals surface area contributed by atoms with Gasteiger partial charge in [-0.05, 0) is 60.8 Å². The second-order valence-electron chi connectivity index (χ2n) is 13.2. The van der Waals surface area contributed by atoms with E-state index in [1.807, 2.05) is 72.8 Å². The summed E-state index contributed by atoms with van der Waals surface area (Å²) in [6.07, 6.45) is -1.59. The number of carbonyl (C=O) groups is 6. The van der Waals surface area contributed by atoms with Crippen molar-refractivity contribution in [3.63, 3.8) is 0 Å². The van der Waals surface area contributed by atoms with Crippen molar-refractivity contribution in [3.8, 4) is 0 Å². The van der Waals surface area contributed by atoms with Crippen molar-refractivity contribution >= 4 is 36.3 Å². The number of hydrogen-bond donors (Lipinski definition) is 4. The number of hydrogen-bond acceptors (Lipinski definition) is 11. The largest absolute Gasteiger partial charge is 0.445 e. The molecule has 0 spiro atoms. The molecule has 0 aliphatic heterocycles. The van der Waals surface area contributed by atoms with E-state index in [1.54, 1.807) is 48.5 Å². The van der Waals surface area contributed by atoms with E-state index in [0.717, 1.165) is 22.3 Å². The second kappa shape index (κ2) is 26.1. The summed E-state index contributed by atoms with van der Waals surface area (Å²) in [7, 11) is 0. The first-order chi connectivity index (χ1) is 28.7. The maximum absolute atomic E-state index is 13.5. The van der Waals surface area contributed by atoms with Crippen molar-refractivity contribution in [1.29, 1.82) is 0 Å². The molecule has 0 aliphatic carbocycles. The van der Waals surface area contributed by atoms with Crippen LogP contribution in [-0.2, 0) is 59.7 Å². The van der Waals surface area contributed by atoms with Gasteiger partial charge in [-0.25, -0.2) is 28.8 Å². The molecule has 0 aliphatic rings. The van der Waals surface area contributed by atoms with Crippen LogP contribution in [0.15, 0.2) is 121 Å². The minimum atomic E-state index is -1.32. The predicted octanol–water partition coefficient (Wildman–Crippen LogP) is 6.84. The Morgan fingerprint density at radius 3 is 0.983 bits per heavy atom. The first-order valence-electron chi connectivity index (χ1n) is 19.3. The van der Waals surface area contributed by atoms with Gasteiger partial charge in [0, 0.05) is 13.1 Å². The van der Waals surface area contributed by atoms with Gasteiger partial charge < -0.3 is 45.0 Å². The van der Waals surface area contributed by atoms with Gasteiger partial charge in [0.15, 0.2) is 0 Å². The molecule has 4 amide bonds. The van der Waals surface area contributed by atoms with Crippen LogP contribution in [0.2, 0.25) is 0 Å². The summed E-state index contributed by atoms with van der Waals surface area (Å²) in [5.41, 5.74) is 3.10. The van der Waals surface area contributed by atoms with E-state index >= 15 is 0 Å². The molecule has 4 N–H and O–H groups in total. The molecule has 4 aromatic rings. The highest BCUT2D eigenvalue weighted by molar-refractivity contribution is 5.93. The molecule has 4 rings (SSSR count). The molecule has 0 unspecified atom stereocenters. The Labute approximate surface area is 343 Å². The summed E-state index contributed by atoms with van der Waals surface area (Å²) in [5, 5.41) is 10.2. The number of amides is 4. The van der Waals surface area contributed by atoms with Gasteiger partial charge in [-0.1, -0.05) is 121 Å². The minimum Gasteiger partial charge on any atom is -0.445 e. The van der Waals surface area contributed by atoms with Gasteiger partial charge in [0.25, 0.3) is 0 Å². The molecule has 4 aromatic carbocycles. The monoisotopic (exact) mass is 810 g/mol. The summed E-state index contributed by atoms with van der Waals surface area (Å²) in [6, 6.07) is 33.6. The third kappa shape index (κ3) is 18.7. The Morgan fingerprint density at radius 2 is 0.678 bits per heavy atom. The maximum atomic E-state index is 13.5. The lowest BCUT2D eigenvalue weighted by Gasteiger charge is -2.20. The van der Waals surface area contributed by atoms with Crippen LogP contribution in [0.1, 0.15) is 60.8 Å². The first kappa shape index (κ1) is 44.8. The van der Waals surface area contributed by atoms with Crippen molar-refractivity contribution < 1.29 is 52.5 Å². The van der Waals surface area contributed by atoms with Crippen LogP contribution in [0, 0.1) is 0 Å². The van der Waals surface area contributed by atoms with Crippen molar-refractivity contribution in [2.75, 3.05) is 13.1 Å². The minimum absolute atomic E-state index is 0.0244. The Bertz CT molecular complexity index is 1750. The summed E-state index contributed by atoms with van der Waals surface area (Å²) in [6.45, 7) is 0.487. The molecule has 0 heterocycles. The number of rotatable bonds is 22. The van der Waals surface area contributed by atoms with Crippen LogP contribution < -0.4 is 21.3 Å². The zero-order chi connectivity index (χ0) is 41.9. The molecule has 0 saturated heterocycles. The van der Waals surface area contributed by atoms with Crippen molar-refractivity contribution in [2.24, 2.45) is 0 Å². The van der Waals surface area contributed by atoms with Crippen LogP contribution in [0.25, 0.3) is 0 Å². The topological polar surface area (TPSA) is 197 Å². The van der Waals surface area contributed by atoms with E-state index in [-0.39, 0.29) is 52.4 Å². The summed E-state index contributed by atoms with van der Waals surface area (Å²) in [4.78, 5) is 76.9. The number of carbonyl (C=O) groups excluding carboxylic acids is 6. The van der Waals surface area contributed by atoms with Crippen LogP contribution in [0.3, 0.4) is 0 Å². The maximum Gasteiger partial charge on any atom is 0.408 e. The average Bonchev–Trinajstić information content (AvgIpc) is 3.26. The van der Waals surface area contributed by atoms with E-state index in [4.69, 9.17) is 23.7 Å². The number of alkyl carbamates (subject to hydrolysis) is 4. The summed E-state index contributed by atoms with van der Waals surface area (Å²) in [5.74, 6) is -2.15. The van der Waals surface area contributed by atoms with Crippen LogP contribution in [0.4, 0.5) is 19.2 Å². The molecular weight excluding hydrogens is 761 g/mol. The molecule has 15 nitrogen and oxygen atoms in total. The Kier molecular flexibility index (Phi) is 19.8. The quantitative estimate of drug-likeness (QED) is 0.0281. The van der Waals surface area contributed by atoms with E-state index in [1.165, 1.54) is 0 Å². The van der Waals surface area contributed by atoms with Gasteiger partial charge in [-0.3, -0.25) is 0 Å². The lowest BCUT2D eigenvalue weighted by atomic mass is 10.1. The first-order valence-corrected chi connectivity index (χ1v) is 19.3. The lowest BCUT2D eigenvalue weighted by molar-refractivity contribution is -0.162. The zero-order valence-corrected chi connectivity index (χ0v) is 32.7. The van der Waals surface area contributed by atoms with Crippen molar-refractivity contribution in [3.05, 3.63) is 144 Å². The highest BCUT2D eigenvalue weighted by Crippen LogP contribution is 2.11. The molecule has 15 heteroatoms. The lowest BCUT2D eigenvalue weighted by Crippen LogP contribution is -2.47. The summed E-state index contributed by atoms with van der Waals surface area (Å²) < 4.78 is 26.3. The van der Waals surface area contributed by atoms with Gasteiger partial charge in [-0.15, -0.1) is 0 Å². The molecule has 0 fully saturated rings. The fraction of sp³-hybridized carbons (Fsp3) is 0.318. The normalized spacial score (nSPS) is 11.5. The fourth-order valence-electron chi connectivity index (χ4n) is 5.43.